The predicted octanol–water partition coefficient (Wildman–Crippen LogP) is 5.35. The van der Waals surface area contributed by atoms with Crippen LogP contribution in [-0.4, -0.2) is 26.4 Å². The number of thioether (sulfide) groups is 1. The number of benzene rings is 2. The maximum atomic E-state index is 12.4. The molecule has 3 aromatic rings. The Morgan fingerprint density at radius 2 is 2.03 bits per heavy atom. The minimum atomic E-state index is -0.128. The maximum absolute atomic E-state index is 12.4. The smallest absolute Gasteiger partial charge is 0.234 e. The summed E-state index contributed by atoms with van der Waals surface area (Å²) in [5.74, 6) is 1.57. The van der Waals surface area contributed by atoms with Crippen molar-refractivity contribution in [1.29, 1.82) is 0 Å². The number of hydrogen-bond donors (Lipinski definition) is 1. The Morgan fingerprint density at radius 3 is 2.77 bits per heavy atom. The van der Waals surface area contributed by atoms with Gasteiger partial charge in [-0.1, -0.05) is 41.6 Å². The second-order valence-electron chi connectivity index (χ2n) is 7.08. The lowest BCUT2D eigenvalue weighted by Crippen LogP contribution is -2.15. The van der Waals surface area contributed by atoms with Gasteiger partial charge in [0.2, 0.25) is 5.91 Å². The third kappa shape index (κ3) is 5.89. The van der Waals surface area contributed by atoms with Gasteiger partial charge in [0.25, 0.3) is 0 Å². The standard InChI is InChI=1S/C23H25ClN4O2S/c1-5-11-28-21(13-30-20-8-6-7-15(2)17(20)4)26-27-23(28)31-14-22(29)25-19-10-9-18(24)12-16(19)3/h5-10,12H,1,11,13-14H2,2-4H3,(H,25,29). The van der Waals surface area contributed by atoms with Gasteiger partial charge in [-0.05, 0) is 61.7 Å². The lowest BCUT2D eigenvalue weighted by Gasteiger charge is -2.12. The number of halogens is 1. The van der Waals surface area contributed by atoms with E-state index in [1.165, 1.54) is 17.3 Å². The van der Waals surface area contributed by atoms with E-state index in [9.17, 15) is 4.79 Å². The Labute approximate surface area is 191 Å². The summed E-state index contributed by atoms with van der Waals surface area (Å²) in [5, 5.41) is 12.7. The molecule has 0 unspecified atom stereocenters. The van der Waals surface area contributed by atoms with Crippen molar-refractivity contribution in [3.8, 4) is 5.75 Å². The van der Waals surface area contributed by atoms with Crippen LogP contribution >= 0.6 is 23.4 Å². The van der Waals surface area contributed by atoms with Crippen LogP contribution in [0.15, 0.2) is 54.2 Å². The van der Waals surface area contributed by atoms with Crippen molar-refractivity contribution in [2.24, 2.45) is 0 Å². The summed E-state index contributed by atoms with van der Waals surface area (Å²) < 4.78 is 7.88. The molecule has 8 heteroatoms. The first-order valence-electron chi connectivity index (χ1n) is 9.80. The zero-order chi connectivity index (χ0) is 22.4. The topological polar surface area (TPSA) is 69.0 Å². The van der Waals surface area contributed by atoms with Crippen LogP contribution in [0.1, 0.15) is 22.5 Å². The van der Waals surface area contributed by atoms with Gasteiger partial charge in [-0.25, -0.2) is 0 Å². The number of ether oxygens (including phenoxy) is 1. The number of aryl methyl sites for hydroxylation is 2. The van der Waals surface area contributed by atoms with Gasteiger partial charge in [-0.3, -0.25) is 9.36 Å². The van der Waals surface area contributed by atoms with E-state index in [0.717, 1.165) is 22.6 Å². The molecule has 0 saturated carbocycles. The predicted molar refractivity (Wildman–Crippen MR) is 126 cm³/mol. The van der Waals surface area contributed by atoms with Gasteiger partial charge in [0.1, 0.15) is 12.4 Å². The van der Waals surface area contributed by atoms with Crippen molar-refractivity contribution in [1.82, 2.24) is 14.8 Å². The number of carbonyl (C=O) groups excluding carboxylic acids is 1. The third-order valence-corrected chi connectivity index (χ3v) is 6.01. The average Bonchev–Trinajstić information content (AvgIpc) is 3.11. The van der Waals surface area contributed by atoms with Crippen LogP contribution in [0.2, 0.25) is 5.02 Å². The summed E-state index contributed by atoms with van der Waals surface area (Å²) >= 11 is 7.29. The Hall–Kier alpha value is -2.77. The molecule has 1 heterocycles. The molecule has 1 amide bonds. The average molecular weight is 457 g/mol. The molecule has 0 aliphatic carbocycles. The molecule has 1 aromatic heterocycles. The van der Waals surface area contributed by atoms with Gasteiger partial charge in [0.15, 0.2) is 11.0 Å². The molecule has 0 spiro atoms. The monoisotopic (exact) mass is 456 g/mol. The molecule has 6 nitrogen and oxygen atoms in total. The molecule has 0 saturated heterocycles. The maximum Gasteiger partial charge on any atom is 0.234 e. The molecule has 162 valence electrons. The lowest BCUT2D eigenvalue weighted by atomic mass is 10.1. The van der Waals surface area contributed by atoms with Crippen LogP contribution in [0, 0.1) is 20.8 Å². The van der Waals surface area contributed by atoms with Gasteiger partial charge >= 0.3 is 0 Å². The van der Waals surface area contributed by atoms with E-state index in [1.807, 2.05) is 49.6 Å². The molecule has 1 N–H and O–H groups in total. The van der Waals surface area contributed by atoms with E-state index >= 15 is 0 Å². The summed E-state index contributed by atoms with van der Waals surface area (Å²) in [4.78, 5) is 12.4. The summed E-state index contributed by atoms with van der Waals surface area (Å²) in [6, 6.07) is 11.3. The van der Waals surface area contributed by atoms with Crippen LogP contribution in [-0.2, 0) is 17.9 Å². The summed E-state index contributed by atoms with van der Waals surface area (Å²) in [5.41, 5.74) is 3.92. The molecule has 0 fully saturated rings. The molecular formula is C23H25ClN4O2S. The Bertz CT molecular complexity index is 1100. The van der Waals surface area contributed by atoms with E-state index in [0.29, 0.717) is 22.5 Å². The minimum absolute atomic E-state index is 0.128. The van der Waals surface area contributed by atoms with Gasteiger partial charge < -0.3 is 10.1 Å². The quantitative estimate of drug-likeness (QED) is 0.347. The number of hydrogen-bond acceptors (Lipinski definition) is 5. The second-order valence-corrected chi connectivity index (χ2v) is 8.46. The number of allylic oxidation sites excluding steroid dienone is 1. The van der Waals surface area contributed by atoms with E-state index in [2.05, 4.69) is 22.1 Å². The fourth-order valence-corrected chi connectivity index (χ4v) is 3.94. The first-order valence-corrected chi connectivity index (χ1v) is 11.2. The fraction of sp³-hybridized carbons (Fsp3) is 0.261. The van der Waals surface area contributed by atoms with Crippen LogP contribution in [0.3, 0.4) is 0 Å². The van der Waals surface area contributed by atoms with Crippen molar-refractivity contribution in [3.05, 3.63) is 76.6 Å². The zero-order valence-electron chi connectivity index (χ0n) is 17.8. The molecule has 3 rings (SSSR count). The highest BCUT2D eigenvalue weighted by molar-refractivity contribution is 7.99. The van der Waals surface area contributed by atoms with Crippen LogP contribution < -0.4 is 10.1 Å². The third-order valence-electron chi connectivity index (χ3n) is 4.81. The number of carbonyl (C=O) groups is 1. The fourth-order valence-electron chi connectivity index (χ4n) is 2.95. The number of rotatable bonds is 9. The minimum Gasteiger partial charge on any atom is -0.485 e. The summed E-state index contributed by atoms with van der Waals surface area (Å²) in [6.45, 7) is 10.6. The highest BCUT2D eigenvalue weighted by Gasteiger charge is 2.15. The molecule has 2 aromatic carbocycles. The van der Waals surface area contributed by atoms with Crippen molar-refractivity contribution in [3.63, 3.8) is 0 Å². The Morgan fingerprint density at radius 1 is 1.23 bits per heavy atom. The van der Waals surface area contributed by atoms with E-state index < -0.39 is 0 Å². The van der Waals surface area contributed by atoms with Crippen molar-refractivity contribution < 1.29 is 9.53 Å². The Kier molecular flexibility index (Phi) is 7.76. The second kappa shape index (κ2) is 10.5. The van der Waals surface area contributed by atoms with Crippen LogP contribution in [0.4, 0.5) is 5.69 Å². The van der Waals surface area contributed by atoms with Gasteiger partial charge in [0, 0.05) is 17.3 Å². The normalized spacial score (nSPS) is 10.7. The van der Waals surface area contributed by atoms with Crippen LogP contribution in [0.5, 0.6) is 5.75 Å². The number of amides is 1. The van der Waals surface area contributed by atoms with Crippen LogP contribution in [0.25, 0.3) is 0 Å². The first kappa shape index (κ1) is 22.9. The first-order chi connectivity index (χ1) is 14.9. The van der Waals surface area contributed by atoms with Gasteiger partial charge in [-0.15, -0.1) is 16.8 Å². The molecule has 0 atom stereocenters. The SMILES string of the molecule is C=CCn1c(COc2cccc(C)c2C)nnc1SCC(=O)Nc1ccc(Cl)cc1C. The zero-order valence-corrected chi connectivity index (χ0v) is 19.4. The number of aromatic nitrogens is 3. The number of nitrogens with one attached hydrogen (secondary N) is 1. The lowest BCUT2D eigenvalue weighted by molar-refractivity contribution is -0.113. The number of anilines is 1. The van der Waals surface area contributed by atoms with E-state index in [1.54, 1.807) is 18.2 Å². The molecule has 0 bridgehead atoms. The van der Waals surface area contributed by atoms with Crippen molar-refractivity contribution >= 4 is 35.0 Å². The largest absolute Gasteiger partial charge is 0.485 e. The molecular weight excluding hydrogens is 432 g/mol. The number of nitrogens with zero attached hydrogens (tertiary/aromatic N) is 3. The van der Waals surface area contributed by atoms with E-state index in [4.69, 9.17) is 16.3 Å². The van der Waals surface area contributed by atoms with Crippen molar-refractivity contribution in [2.75, 3.05) is 11.1 Å². The van der Waals surface area contributed by atoms with Gasteiger partial charge in [0.05, 0.1) is 5.75 Å². The Balaban J connectivity index is 1.64. The molecule has 0 radical (unpaired) electrons. The summed E-state index contributed by atoms with van der Waals surface area (Å²) in [7, 11) is 0. The highest BCUT2D eigenvalue weighted by atomic mass is 35.5. The molecule has 0 aliphatic heterocycles. The van der Waals surface area contributed by atoms with E-state index in [-0.39, 0.29) is 18.3 Å². The summed E-state index contributed by atoms with van der Waals surface area (Å²) in [6.07, 6.45) is 1.77. The van der Waals surface area contributed by atoms with Gasteiger partial charge in [-0.2, -0.15) is 0 Å². The highest BCUT2D eigenvalue weighted by Crippen LogP contribution is 2.24. The molecule has 31 heavy (non-hydrogen) atoms. The molecule has 0 aliphatic rings. The van der Waals surface area contributed by atoms with Crippen molar-refractivity contribution in [2.45, 2.75) is 39.1 Å².